The van der Waals surface area contributed by atoms with Gasteiger partial charge in [0.05, 0.1) is 0 Å². The van der Waals surface area contributed by atoms with Crippen LogP contribution in [0.5, 0.6) is 0 Å². The third-order valence-electron chi connectivity index (χ3n) is 2.33. The summed E-state index contributed by atoms with van der Waals surface area (Å²) in [6.07, 6.45) is 0.118. The molecule has 0 bridgehead atoms. The molecule has 0 aromatic heterocycles. The van der Waals surface area contributed by atoms with Gasteiger partial charge in [0, 0.05) is 24.7 Å². The zero-order chi connectivity index (χ0) is 13.5. The normalized spacial score (nSPS) is 11.7. The van der Waals surface area contributed by atoms with Crippen LogP contribution in [0, 0.1) is 0 Å². The summed E-state index contributed by atoms with van der Waals surface area (Å²) in [4.78, 5) is 22.0. The Kier molecular flexibility index (Phi) is 5.13. The van der Waals surface area contributed by atoms with E-state index in [0.717, 1.165) is 5.56 Å². The lowest BCUT2D eigenvalue weighted by Gasteiger charge is -2.10. The van der Waals surface area contributed by atoms with E-state index in [-0.39, 0.29) is 25.0 Å². The van der Waals surface area contributed by atoms with E-state index in [4.69, 9.17) is 11.5 Å². The first kappa shape index (κ1) is 14.0. The summed E-state index contributed by atoms with van der Waals surface area (Å²) in [5.41, 5.74) is 12.3. The molecular weight excluding hydrogens is 232 g/mol. The van der Waals surface area contributed by atoms with Gasteiger partial charge < -0.3 is 22.1 Å². The lowest BCUT2D eigenvalue weighted by atomic mass is 10.1. The molecule has 0 radical (unpaired) electrons. The van der Waals surface area contributed by atoms with Crippen molar-refractivity contribution in [3.63, 3.8) is 0 Å². The van der Waals surface area contributed by atoms with Crippen molar-refractivity contribution in [3.05, 3.63) is 29.8 Å². The first-order valence-corrected chi connectivity index (χ1v) is 5.67. The summed E-state index contributed by atoms with van der Waals surface area (Å²) in [5.74, 6) is -0.450. The SMILES string of the molecule is CC(N)c1cccc(NC(=O)NCCC(N)=O)c1. The molecule has 0 aliphatic rings. The smallest absolute Gasteiger partial charge is 0.319 e. The summed E-state index contributed by atoms with van der Waals surface area (Å²) in [6, 6.07) is 6.80. The summed E-state index contributed by atoms with van der Waals surface area (Å²) >= 11 is 0. The third kappa shape index (κ3) is 4.84. The van der Waals surface area contributed by atoms with E-state index in [2.05, 4.69) is 10.6 Å². The number of primary amides is 1. The maximum absolute atomic E-state index is 11.5. The Labute approximate surface area is 106 Å². The lowest BCUT2D eigenvalue weighted by molar-refractivity contribution is -0.117. The van der Waals surface area contributed by atoms with Gasteiger partial charge in [-0.2, -0.15) is 0 Å². The highest BCUT2D eigenvalue weighted by Crippen LogP contribution is 2.15. The molecule has 18 heavy (non-hydrogen) atoms. The molecule has 0 aliphatic heterocycles. The molecule has 0 saturated heterocycles. The molecule has 0 spiro atoms. The van der Waals surface area contributed by atoms with Crippen molar-refractivity contribution >= 4 is 17.6 Å². The van der Waals surface area contributed by atoms with Gasteiger partial charge in [-0.1, -0.05) is 12.1 Å². The second-order valence-electron chi connectivity index (χ2n) is 4.01. The van der Waals surface area contributed by atoms with Gasteiger partial charge in [-0.3, -0.25) is 4.79 Å². The van der Waals surface area contributed by atoms with Gasteiger partial charge in [0.15, 0.2) is 0 Å². The van der Waals surface area contributed by atoms with E-state index in [9.17, 15) is 9.59 Å². The minimum atomic E-state index is -0.450. The second kappa shape index (κ2) is 6.61. The van der Waals surface area contributed by atoms with E-state index in [0.29, 0.717) is 5.69 Å². The zero-order valence-electron chi connectivity index (χ0n) is 10.3. The van der Waals surface area contributed by atoms with Crippen molar-refractivity contribution in [2.45, 2.75) is 19.4 Å². The van der Waals surface area contributed by atoms with Gasteiger partial charge in [0.2, 0.25) is 5.91 Å². The number of hydrogen-bond acceptors (Lipinski definition) is 3. The predicted octanol–water partition coefficient (Wildman–Crippen LogP) is 0.703. The van der Waals surface area contributed by atoms with Gasteiger partial charge >= 0.3 is 6.03 Å². The van der Waals surface area contributed by atoms with Gasteiger partial charge in [-0.15, -0.1) is 0 Å². The van der Waals surface area contributed by atoms with Crippen molar-refractivity contribution in [3.8, 4) is 0 Å². The van der Waals surface area contributed by atoms with Crippen LogP contribution in [-0.4, -0.2) is 18.5 Å². The van der Waals surface area contributed by atoms with Crippen molar-refractivity contribution < 1.29 is 9.59 Å². The summed E-state index contributed by atoms with van der Waals surface area (Å²) in [5, 5.41) is 5.18. The minimum Gasteiger partial charge on any atom is -0.370 e. The molecule has 1 unspecified atom stereocenters. The standard InChI is InChI=1S/C12H18N4O2/c1-8(13)9-3-2-4-10(7-9)16-12(18)15-6-5-11(14)17/h2-4,7-8H,5-6,13H2,1H3,(H2,14,17)(H2,15,16,18). The van der Waals surface area contributed by atoms with Gasteiger partial charge in [-0.05, 0) is 24.6 Å². The molecule has 0 saturated carbocycles. The first-order valence-electron chi connectivity index (χ1n) is 5.67. The van der Waals surface area contributed by atoms with Crippen molar-refractivity contribution in [1.29, 1.82) is 0 Å². The van der Waals surface area contributed by atoms with Crippen LogP contribution in [0.3, 0.4) is 0 Å². The average Bonchev–Trinajstić information content (AvgIpc) is 2.28. The van der Waals surface area contributed by atoms with Gasteiger partial charge in [-0.25, -0.2) is 4.79 Å². The number of carbonyl (C=O) groups excluding carboxylic acids is 2. The topological polar surface area (TPSA) is 110 Å². The first-order chi connectivity index (χ1) is 8.49. The van der Waals surface area contributed by atoms with Crippen LogP contribution in [0.4, 0.5) is 10.5 Å². The largest absolute Gasteiger partial charge is 0.370 e. The number of nitrogens with one attached hydrogen (secondary N) is 2. The van der Waals surface area contributed by atoms with Crippen LogP contribution in [0.2, 0.25) is 0 Å². The van der Waals surface area contributed by atoms with Crippen molar-refractivity contribution in [1.82, 2.24) is 5.32 Å². The van der Waals surface area contributed by atoms with E-state index in [1.807, 2.05) is 19.1 Å². The third-order valence-corrected chi connectivity index (χ3v) is 2.33. The quantitative estimate of drug-likeness (QED) is 0.617. The molecule has 0 heterocycles. The highest BCUT2D eigenvalue weighted by atomic mass is 16.2. The Morgan fingerprint density at radius 1 is 1.39 bits per heavy atom. The number of anilines is 1. The molecule has 1 atom stereocenters. The van der Waals surface area contributed by atoms with E-state index in [1.165, 1.54) is 0 Å². The highest BCUT2D eigenvalue weighted by Gasteiger charge is 2.04. The minimum absolute atomic E-state index is 0.0929. The molecular formula is C12H18N4O2. The van der Waals surface area contributed by atoms with Crippen LogP contribution in [0.15, 0.2) is 24.3 Å². The molecule has 3 amide bonds. The number of benzene rings is 1. The van der Waals surface area contributed by atoms with Crippen molar-refractivity contribution in [2.75, 3.05) is 11.9 Å². The Morgan fingerprint density at radius 2 is 2.11 bits per heavy atom. The molecule has 0 fully saturated rings. The lowest BCUT2D eigenvalue weighted by Crippen LogP contribution is -2.31. The Morgan fingerprint density at radius 3 is 2.72 bits per heavy atom. The fraction of sp³-hybridized carbons (Fsp3) is 0.333. The van der Waals surface area contributed by atoms with E-state index in [1.54, 1.807) is 12.1 Å². The molecule has 1 rings (SSSR count). The van der Waals surface area contributed by atoms with Crippen LogP contribution in [0.25, 0.3) is 0 Å². The molecule has 6 heteroatoms. The van der Waals surface area contributed by atoms with Crippen LogP contribution < -0.4 is 22.1 Å². The molecule has 0 aliphatic carbocycles. The Balaban J connectivity index is 2.49. The summed E-state index contributed by atoms with van der Waals surface area (Å²) in [7, 11) is 0. The van der Waals surface area contributed by atoms with Gasteiger partial charge in [0.1, 0.15) is 0 Å². The van der Waals surface area contributed by atoms with Crippen LogP contribution in [0.1, 0.15) is 24.9 Å². The zero-order valence-corrected chi connectivity index (χ0v) is 10.3. The predicted molar refractivity (Wildman–Crippen MR) is 69.9 cm³/mol. The Bertz CT molecular complexity index is 432. The fourth-order valence-electron chi connectivity index (χ4n) is 1.37. The fourth-order valence-corrected chi connectivity index (χ4v) is 1.37. The van der Waals surface area contributed by atoms with Crippen LogP contribution in [-0.2, 0) is 4.79 Å². The number of amides is 3. The maximum Gasteiger partial charge on any atom is 0.319 e. The second-order valence-corrected chi connectivity index (χ2v) is 4.01. The molecule has 1 aromatic carbocycles. The van der Waals surface area contributed by atoms with E-state index >= 15 is 0 Å². The molecule has 1 aromatic rings. The number of urea groups is 1. The average molecular weight is 250 g/mol. The van der Waals surface area contributed by atoms with Crippen molar-refractivity contribution in [2.24, 2.45) is 11.5 Å². The molecule has 6 N–H and O–H groups in total. The highest BCUT2D eigenvalue weighted by molar-refractivity contribution is 5.89. The number of nitrogens with two attached hydrogens (primary N) is 2. The molecule has 6 nitrogen and oxygen atoms in total. The summed E-state index contributed by atoms with van der Waals surface area (Å²) < 4.78 is 0. The van der Waals surface area contributed by atoms with Crippen LogP contribution >= 0.6 is 0 Å². The summed E-state index contributed by atoms with van der Waals surface area (Å²) in [6.45, 7) is 2.08. The maximum atomic E-state index is 11.5. The van der Waals surface area contributed by atoms with Gasteiger partial charge in [0.25, 0.3) is 0 Å². The Hall–Kier alpha value is -2.08. The van der Waals surface area contributed by atoms with E-state index < -0.39 is 5.91 Å². The number of carbonyl (C=O) groups is 2. The molecule has 98 valence electrons. The monoisotopic (exact) mass is 250 g/mol. The number of rotatable bonds is 5. The number of hydrogen-bond donors (Lipinski definition) is 4.